The lowest BCUT2D eigenvalue weighted by molar-refractivity contribution is -0.133. The molecule has 0 aromatic carbocycles. The van der Waals surface area contributed by atoms with Crippen molar-refractivity contribution in [2.24, 2.45) is 18.8 Å². The molecule has 110 valence electrons. The van der Waals surface area contributed by atoms with Crippen LogP contribution in [0.5, 0.6) is 0 Å². The van der Waals surface area contributed by atoms with Crippen molar-refractivity contribution in [1.29, 1.82) is 0 Å². The molecule has 0 atom stereocenters. The Balaban J connectivity index is 1.76. The molecule has 3 N–H and O–H groups in total. The van der Waals surface area contributed by atoms with Gasteiger partial charge in [-0.3, -0.25) is 19.7 Å². The van der Waals surface area contributed by atoms with Gasteiger partial charge in [0.05, 0.1) is 11.9 Å². The topological polar surface area (TPSA) is 93.2 Å². The monoisotopic (exact) mass is 297 g/mol. The molecule has 2 heterocycles. The quantitative estimate of drug-likeness (QED) is 0.346. The second kappa shape index (κ2) is 6.76. The Morgan fingerprint density at radius 3 is 2.75 bits per heavy atom. The lowest BCUT2D eigenvalue weighted by Crippen LogP contribution is -2.45. The maximum absolute atomic E-state index is 12.1. The molecule has 0 unspecified atom stereocenters. The fourth-order valence-corrected chi connectivity index (χ4v) is 3.04. The minimum absolute atomic E-state index is 0.0740. The SMILES string of the molecule is Cn1cc(SCC(=O)N2CCC(C(=O)NN)CC2)cn1. The average Bonchev–Trinajstić information content (AvgIpc) is 2.89. The fourth-order valence-electron chi connectivity index (χ4n) is 2.22. The molecule has 0 radical (unpaired) electrons. The van der Waals surface area contributed by atoms with Crippen LogP contribution < -0.4 is 11.3 Å². The Hall–Kier alpha value is -1.54. The zero-order valence-electron chi connectivity index (χ0n) is 11.4. The van der Waals surface area contributed by atoms with E-state index in [9.17, 15) is 9.59 Å². The third-order valence-corrected chi connectivity index (χ3v) is 4.34. The highest BCUT2D eigenvalue weighted by molar-refractivity contribution is 8.00. The molecule has 1 aliphatic heterocycles. The maximum Gasteiger partial charge on any atom is 0.237 e. The molecule has 2 rings (SSSR count). The number of hydrogen-bond acceptors (Lipinski definition) is 5. The summed E-state index contributed by atoms with van der Waals surface area (Å²) in [5.41, 5.74) is 2.17. The van der Waals surface area contributed by atoms with E-state index in [4.69, 9.17) is 5.84 Å². The predicted molar refractivity (Wildman–Crippen MR) is 75.6 cm³/mol. The minimum atomic E-state index is -0.137. The first kappa shape index (κ1) is 14.9. The number of likely N-dealkylation sites (tertiary alicyclic amines) is 1. The molecule has 1 aromatic heterocycles. The molecule has 1 saturated heterocycles. The average molecular weight is 297 g/mol. The number of piperidine rings is 1. The van der Waals surface area contributed by atoms with Gasteiger partial charge in [-0.2, -0.15) is 5.10 Å². The Labute approximate surface area is 121 Å². The van der Waals surface area contributed by atoms with Crippen molar-refractivity contribution in [3.8, 4) is 0 Å². The number of aryl methyl sites for hydroxylation is 1. The van der Waals surface area contributed by atoms with Gasteiger partial charge in [0, 0.05) is 37.1 Å². The summed E-state index contributed by atoms with van der Waals surface area (Å²) in [5.74, 6) is 5.41. The Bertz CT molecular complexity index is 482. The van der Waals surface area contributed by atoms with Crippen LogP contribution in [0.1, 0.15) is 12.8 Å². The molecule has 1 aliphatic rings. The van der Waals surface area contributed by atoms with Gasteiger partial charge >= 0.3 is 0 Å². The number of carbonyl (C=O) groups excluding carboxylic acids is 2. The molecule has 20 heavy (non-hydrogen) atoms. The Morgan fingerprint density at radius 1 is 1.50 bits per heavy atom. The van der Waals surface area contributed by atoms with E-state index in [0.717, 1.165) is 4.90 Å². The molecule has 2 amide bonds. The van der Waals surface area contributed by atoms with Crippen molar-refractivity contribution < 1.29 is 9.59 Å². The standard InChI is InChI=1S/C12H19N5O2S/c1-16-7-10(6-14-16)20-8-11(18)17-4-2-9(3-5-17)12(19)15-13/h6-7,9H,2-5,8,13H2,1H3,(H,15,19). The number of carbonyl (C=O) groups is 2. The maximum atomic E-state index is 12.1. The van der Waals surface area contributed by atoms with Crippen molar-refractivity contribution in [2.75, 3.05) is 18.8 Å². The molecule has 0 bridgehead atoms. The number of hydrogen-bond donors (Lipinski definition) is 2. The van der Waals surface area contributed by atoms with Crippen LogP contribution in [0.4, 0.5) is 0 Å². The highest BCUT2D eigenvalue weighted by atomic mass is 32.2. The van der Waals surface area contributed by atoms with Gasteiger partial charge in [-0.1, -0.05) is 0 Å². The molecular formula is C12H19N5O2S. The Kier molecular flexibility index (Phi) is 5.02. The third-order valence-electron chi connectivity index (χ3n) is 3.40. The van der Waals surface area contributed by atoms with Gasteiger partial charge in [-0.15, -0.1) is 11.8 Å². The number of nitrogens with zero attached hydrogens (tertiary/aromatic N) is 3. The number of nitrogens with two attached hydrogens (primary N) is 1. The molecular weight excluding hydrogens is 278 g/mol. The van der Waals surface area contributed by atoms with E-state index >= 15 is 0 Å². The van der Waals surface area contributed by atoms with Crippen LogP contribution in [0.25, 0.3) is 0 Å². The lowest BCUT2D eigenvalue weighted by Gasteiger charge is -2.30. The van der Waals surface area contributed by atoms with Crippen molar-refractivity contribution in [3.05, 3.63) is 12.4 Å². The van der Waals surface area contributed by atoms with Crippen molar-refractivity contribution >= 4 is 23.6 Å². The minimum Gasteiger partial charge on any atom is -0.342 e. The summed E-state index contributed by atoms with van der Waals surface area (Å²) >= 11 is 1.48. The molecule has 8 heteroatoms. The van der Waals surface area contributed by atoms with Gasteiger partial charge in [0.1, 0.15) is 0 Å². The summed E-state index contributed by atoms with van der Waals surface area (Å²) in [5, 5.41) is 4.06. The van der Waals surface area contributed by atoms with Crippen LogP contribution in [0.15, 0.2) is 17.3 Å². The number of aromatic nitrogens is 2. The van der Waals surface area contributed by atoms with Gasteiger partial charge in [-0.25, -0.2) is 5.84 Å². The van der Waals surface area contributed by atoms with Crippen LogP contribution in [-0.4, -0.2) is 45.3 Å². The first-order chi connectivity index (χ1) is 9.60. The highest BCUT2D eigenvalue weighted by Gasteiger charge is 2.26. The molecule has 1 aromatic rings. The van der Waals surface area contributed by atoms with Gasteiger partial charge < -0.3 is 4.90 Å². The van der Waals surface area contributed by atoms with Crippen LogP contribution in [0, 0.1) is 5.92 Å². The number of rotatable bonds is 4. The summed E-state index contributed by atoms with van der Waals surface area (Å²) in [4.78, 5) is 26.3. The molecule has 7 nitrogen and oxygen atoms in total. The predicted octanol–water partition coefficient (Wildman–Crippen LogP) is -0.259. The summed E-state index contributed by atoms with van der Waals surface area (Å²) < 4.78 is 1.71. The smallest absolute Gasteiger partial charge is 0.237 e. The van der Waals surface area contributed by atoms with E-state index in [0.29, 0.717) is 31.7 Å². The van der Waals surface area contributed by atoms with E-state index in [1.54, 1.807) is 10.9 Å². The summed E-state index contributed by atoms with van der Waals surface area (Å²) in [6.45, 7) is 1.23. The zero-order valence-corrected chi connectivity index (χ0v) is 12.2. The highest BCUT2D eigenvalue weighted by Crippen LogP contribution is 2.20. The van der Waals surface area contributed by atoms with E-state index in [1.807, 2.05) is 18.1 Å². The zero-order chi connectivity index (χ0) is 14.5. The summed E-state index contributed by atoms with van der Waals surface area (Å²) in [6, 6.07) is 0. The van der Waals surface area contributed by atoms with E-state index in [2.05, 4.69) is 10.5 Å². The molecule has 0 saturated carbocycles. The van der Waals surface area contributed by atoms with Crippen molar-refractivity contribution in [2.45, 2.75) is 17.7 Å². The van der Waals surface area contributed by atoms with Gasteiger partial charge in [0.15, 0.2) is 0 Å². The number of amides is 2. The lowest BCUT2D eigenvalue weighted by atomic mass is 9.96. The molecule has 0 aliphatic carbocycles. The number of hydrazine groups is 1. The normalized spacial score (nSPS) is 16.2. The van der Waals surface area contributed by atoms with Crippen LogP contribution >= 0.6 is 11.8 Å². The van der Waals surface area contributed by atoms with E-state index in [1.165, 1.54) is 11.8 Å². The van der Waals surface area contributed by atoms with Crippen LogP contribution in [-0.2, 0) is 16.6 Å². The first-order valence-corrected chi connectivity index (χ1v) is 7.48. The summed E-state index contributed by atoms with van der Waals surface area (Å²) in [7, 11) is 1.85. The van der Waals surface area contributed by atoms with Gasteiger partial charge in [-0.05, 0) is 12.8 Å². The van der Waals surface area contributed by atoms with Gasteiger partial charge in [0.2, 0.25) is 11.8 Å². The Morgan fingerprint density at radius 2 is 2.20 bits per heavy atom. The summed E-state index contributed by atoms with van der Waals surface area (Å²) in [6.07, 6.45) is 4.98. The van der Waals surface area contributed by atoms with Crippen LogP contribution in [0.3, 0.4) is 0 Å². The largest absolute Gasteiger partial charge is 0.342 e. The second-order valence-electron chi connectivity index (χ2n) is 4.80. The van der Waals surface area contributed by atoms with Crippen LogP contribution in [0.2, 0.25) is 0 Å². The molecule has 1 fully saturated rings. The van der Waals surface area contributed by atoms with Crippen molar-refractivity contribution in [1.82, 2.24) is 20.1 Å². The van der Waals surface area contributed by atoms with Crippen molar-refractivity contribution in [3.63, 3.8) is 0 Å². The third kappa shape index (κ3) is 3.73. The second-order valence-corrected chi connectivity index (χ2v) is 5.85. The first-order valence-electron chi connectivity index (χ1n) is 6.50. The molecule has 0 spiro atoms. The van der Waals surface area contributed by atoms with Gasteiger partial charge in [0.25, 0.3) is 0 Å². The van der Waals surface area contributed by atoms with E-state index < -0.39 is 0 Å². The number of thioether (sulfide) groups is 1. The fraction of sp³-hybridized carbons (Fsp3) is 0.583. The van der Waals surface area contributed by atoms with E-state index in [-0.39, 0.29) is 17.7 Å². The number of nitrogens with one attached hydrogen (secondary N) is 1.